The van der Waals surface area contributed by atoms with Crippen molar-refractivity contribution in [3.63, 3.8) is 0 Å². The first kappa shape index (κ1) is 67.3. The van der Waals surface area contributed by atoms with Gasteiger partial charge in [-0.15, -0.1) is 0 Å². The maximum Gasteiger partial charge on any atom is 0.306 e. The molecule has 0 aliphatic rings. The molecule has 0 unspecified atom stereocenters. The van der Waals surface area contributed by atoms with Gasteiger partial charge in [0, 0.05) is 19.3 Å². The van der Waals surface area contributed by atoms with Crippen LogP contribution < -0.4 is 0 Å². The molecule has 0 aliphatic heterocycles. The van der Waals surface area contributed by atoms with Gasteiger partial charge in [-0.05, 0) is 89.9 Å². The van der Waals surface area contributed by atoms with E-state index in [1.54, 1.807) is 0 Å². The lowest BCUT2D eigenvalue weighted by Crippen LogP contribution is -2.30. The highest BCUT2D eigenvalue weighted by atomic mass is 16.6. The SMILES string of the molecule is CCCCC/C=C\C/C=C\C/C=C\C/C=C\C/C=C\CCC(=O)OC[C@H](COC(=O)CCCCCCCCCCCCCCCCCCC)OC(=O)CCC/C=C\C/C=C\C/C=C\CCCCCCCC. The second-order valence-electron chi connectivity index (χ2n) is 19.6. The van der Waals surface area contributed by atoms with Crippen LogP contribution in [-0.2, 0) is 28.6 Å². The molecule has 0 aliphatic carbocycles. The molecule has 0 aromatic heterocycles. The molecule has 0 spiro atoms. The summed E-state index contributed by atoms with van der Waals surface area (Å²) in [7, 11) is 0. The summed E-state index contributed by atoms with van der Waals surface area (Å²) in [5.74, 6) is -1.05. The highest BCUT2D eigenvalue weighted by Gasteiger charge is 2.19. The van der Waals surface area contributed by atoms with Gasteiger partial charge in [-0.25, -0.2) is 0 Å². The quantitative estimate of drug-likeness (QED) is 0.0261. The molecule has 0 saturated heterocycles. The second kappa shape index (κ2) is 58.9. The normalized spacial score (nSPS) is 12.8. The zero-order valence-electron chi connectivity index (χ0n) is 46.5. The Bertz CT molecular complexity index is 1410. The first-order chi connectivity index (χ1) is 35.0. The summed E-state index contributed by atoms with van der Waals surface area (Å²) in [4.78, 5) is 38.1. The van der Waals surface area contributed by atoms with Crippen LogP contribution in [0.4, 0.5) is 0 Å². The zero-order valence-corrected chi connectivity index (χ0v) is 46.5. The molecule has 0 fully saturated rings. The lowest BCUT2D eigenvalue weighted by Gasteiger charge is -2.18. The van der Waals surface area contributed by atoms with Crippen molar-refractivity contribution in [1.82, 2.24) is 0 Å². The summed E-state index contributed by atoms with van der Waals surface area (Å²) >= 11 is 0. The molecule has 0 N–H and O–H groups in total. The molecular weight excluding hydrogens is 877 g/mol. The number of carbonyl (C=O) groups is 3. The fourth-order valence-electron chi connectivity index (χ4n) is 8.09. The third-order valence-corrected chi connectivity index (χ3v) is 12.6. The lowest BCUT2D eigenvalue weighted by molar-refractivity contribution is -0.166. The van der Waals surface area contributed by atoms with Crippen molar-refractivity contribution in [1.29, 1.82) is 0 Å². The van der Waals surface area contributed by atoms with Crippen LogP contribution in [-0.4, -0.2) is 37.2 Å². The average Bonchev–Trinajstić information content (AvgIpc) is 3.37. The van der Waals surface area contributed by atoms with Crippen LogP contribution in [0.15, 0.2) is 97.2 Å². The molecule has 0 amide bonds. The smallest absolute Gasteiger partial charge is 0.306 e. The monoisotopic (exact) mass is 987 g/mol. The van der Waals surface area contributed by atoms with E-state index in [9.17, 15) is 14.4 Å². The van der Waals surface area contributed by atoms with E-state index < -0.39 is 6.10 Å². The highest BCUT2D eigenvalue weighted by molar-refractivity contribution is 5.71. The average molecular weight is 988 g/mol. The van der Waals surface area contributed by atoms with Crippen molar-refractivity contribution in [3.05, 3.63) is 97.2 Å². The van der Waals surface area contributed by atoms with E-state index in [2.05, 4.69) is 112 Å². The minimum absolute atomic E-state index is 0.119. The zero-order chi connectivity index (χ0) is 51.4. The number of hydrogen-bond acceptors (Lipinski definition) is 6. The predicted molar refractivity (Wildman–Crippen MR) is 307 cm³/mol. The molecule has 0 rings (SSSR count). The second-order valence-corrected chi connectivity index (χ2v) is 19.6. The standard InChI is InChI=1S/C65H110O6/c1-4-7-10-13-16-19-22-25-28-31-32-35-37-40-43-46-49-52-55-58-64(67)70-61-62(71-65(68)59-56-53-50-47-44-41-38-34-30-27-24-21-18-15-12-9-6-3)60-69-63(66)57-54-51-48-45-42-39-36-33-29-26-23-20-17-14-11-8-5-2/h16,19,25,27-28,30,32,35,38,40-41,43,47,49-50,52,62H,4-15,17-18,20-24,26,29,31,33-34,36-37,39,42,44-46,48,51,53-61H2,1-3H3/b19-16-,28-25-,30-27-,35-32-,41-38-,43-40-,50-47-,52-49-/t62-/m0/s1. The fourth-order valence-corrected chi connectivity index (χ4v) is 8.09. The Morgan fingerprint density at radius 2 is 0.549 bits per heavy atom. The Morgan fingerprint density at radius 1 is 0.282 bits per heavy atom. The van der Waals surface area contributed by atoms with Gasteiger partial charge in [0.25, 0.3) is 0 Å². The van der Waals surface area contributed by atoms with Crippen molar-refractivity contribution in [2.75, 3.05) is 13.2 Å². The van der Waals surface area contributed by atoms with E-state index in [1.807, 2.05) is 6.08 Å². The first-order valence-corrected chi connectivity index (χ1v) is 29.7. The number of ether oxygens (including phenoxy) is 3. The Labute approximate surface area is 438 Å². The van der Waals surface area contributed by atoms with Crippen LogP contribution >= 0.6 is 0 Å². The van der Waals surface area contributed by atoms with E-state index in [-0.39, 0.29) is 44.0 Å². The maximum atomic E-state index is 12.8. The van der Waals surface area contributed by atoms with E-state index in [1.165, 1.54) is 161 Å². The number of unbranched alkanes of at least 4 members (excludes halogenated alkanes) is 26. The Balaban J connectivity index is 4.55. The van der Waals surface area contributed by atoms with Crippen molar-refractivity contribution < 1.29 is 28.6 Å². The van der Waals surface area contributed by atoms with Gasteiger partial charge in [0.05, 0.1) is 0 Å². The minimum Gasteiger partial charge on any atom is -0.462 e. The summed E-state index contributed by atoms with van der Waals surface area (Å²) < 4.78 is 16.8. The lowest BCUT2D eigenvalue weighted by atomic mass is 10.0. The number of rotatable bonds is 53. The van der Waals surface area contributed by atoms with Gasteiger partial charge in [-0.3, -0.25) is 14.4 Å². The van der Waals surface area contributed by atoms with E-state index >= 15 is 0 Å². The molecule has 0 aromatic carbocycles. The molecule has 0 heterocycles. The molecule has 0 radical (unpaired) electrons. The highest BCUT2D eigenvalue weighted by Crippen LogP contribution is 2.15. The molecule has 71 heavy (non-hydrogen) atoms. The number of esters is 3. The largest absolute Gasteiger partial charge is 0.462 e. The van der Waals surface area contributed by atoms with Crippen LogP contribution in [0.3, 0.4) is 0 Å². The van der Waals surface area contributed by atoms with E-state index in [0.717, 1.165) is 64.2 Å². The van der Waals surface area contributed by atoms with Crippen LogP contribution in [0, 0.1) is 0 Å². The van der Waals surface area contributed by atoms with E-state index in [4.69, 9.17) is 14.2 Å². The summed E-state index contributed by atoms with van der Waals surface area (Å²) in [6.07, 6.45) is 78.5. The molecule has 1 atom stereocenters. The van der Waals surface area contributed by atoms with E-state index in [0.29, 0.717) is 19.3 Å². The van der Waals surface area contributed by atoms with Crippen molar-refractivity contribution in [2.45, 2.75) is 284 Å². The maximum absolute atomic E-state index is 12.8. The van der Waals surface area contributed by atoms with Gasteiger partial charge in [-0.2, -0.15) is 0 Å². The summed E-state index contributed by atoms with van der Waals surface area (Å²) in [5.41, 5.74) is 0. The van der Waals surface area contributed by atoms with Gasteiger partial charge >= 0.3 is 17.9 Å². The van der Waals surface area contributed by atoms with Gasteiger partial charge in [-0.1, -0.05) is 266 Å². The van der Waals surface area contributed by atoms with Gasteiger partial charge in [0.15, 0.2) is 6.10 Å². The van der Waals surface area contributed by atoms with Crippen LogP contribution in [0.5, 0.6) is 0 Å². The van der Waals surface area contributed by atoms with Crippen LogP contribution in [0.1, 0.15) is 278 Å². The predicted octanol–water partition coefficient (Wildman–Crippen LogP) is 20.1. The number of hydrogen-bond donors (Lipinski definition) is 0. The Kier molecular flexibility index (Phi) is 55.9. The Morgan fingerprint density at radius 3 is 0.944 bits per heavy atom. The summed E-state index contributed by atoms with van der Waals surface area (Å²) in [5, 5.41) is 0. The van der Waals surface area contributed by atoms with Crippen molar-refractivity contribution in [3.8, 4) is 0 Å². The topological polar surface area (TPSA) is 78.9 Å². The van der Waals surface area contributed by atoms with Gasteiger partial charge in [0.2, 0.25) is 0 Å². The van der Waals surface area contributed by atoms with Crippen LogP contribution in [0.2, 0.25) is 0 Å². The molecule has 406 valence electrons. The van der Waals surface area contributed by atoms with Crippen molar-refractivity contribution in [2.24, 2.45) is 0 Å². The van der Waals surface area contributed by atoms with Gasteiger partial charge in [0.1, 0.15) is 13.2 Å². The van der Waals surface area contributed by atoms with Gasteiger partial charge < -0.3 is 14.2 Å². The molecule has 6 nitrogen and oxygen atoms in total. The molecular formula is C65H110O6. The summed E-state index contributed by atoms with van der Waals surface area (Å²) in [6.45, 7) is 6.52. The molecule has 0 saturated carbocycles. The molecule has 0 bridgehead atoms. The van der Waals surface area contributed by atoms with Crippen LogP contribution in [0.25, 0.3) is 0 Å². The Hall–Kier alpha value is -3.67. The number of allylic oxidation sites excluding steroid dienone is 16. The first-order valence-electron chi connectivity index (χ1n) is 29.7. The number of carbonyl (C=O) groups excluding carboxylic acids is 3. The molecule has 0 aromatic rings. The third kappa shape index (κ3) is 57.1. The van der Waals surface area contributed by atoms with Crippen molar-refractivity contribution >= 4 is 17.9 Å². The molecule has 6 heteroatoms. The minimum atomic E-state index is -0.834. The summed E-state index contributed by atoms with van der Waals surface area (Å²) in [6, 6.07) is 0. The fraction of sp³-hybridized carbons (Fsp3) is 0.708. The third-order valence-electron chi connectivity index (χ3n) is 12.6.